The van der Waals surface area contributed by atoms with Gasteiger partial charge in [0.1, 0.15) is 0 Å². The van der Waals surface area contributed by atoms with Crippen LogP contribution in [0.3, 0.4) is 0 Å². The molecule has 0 spiro atoms. The van der Waals surface area contributed by atoms with Crippen molar-refractivity contribution in [3.05, 3.63) is 59.8 Å². The molecule has 0 atom stereocenters. The van der Waals surface area contributed by atoms with E-state index in [1.807, 2.05) is 24.4 Å². The number of halogens is 1. The Balaban J connectivity index is 2.29. The van der Waals surface area contributed by atoms with Gasteiger partial charge in [-0.1, -0.05) is 41.9 Å². The second kappa shape index (κ2) is 3.69. The largest absolute Gasteiger partial charge is 0.361 e. The number of hydrogen-bond donors (Lipinski definition) is 1. The molecule has 0 bridgehead atoms. The minimum atomic E-state index is 0.765. The molecular formula is C14H10ClN. The fourth-order valence-electron chi connectivity index (χ4n) is 1.98. The molecule has 2 aromatic carbocycles. The first kappa shape index (κ1) is 9.49. The average Bonchev–Trinajstić information content (AvgIpc) is 2.76. The van der Waals surface area contributed by atoms with Crippen LogP contribution in [0.1, 0.15) is 0 Å². The molecule has 78 valence electrons. The van der Waals surface area contributed by atoms with E-state index >= 15 is 0 Å². The first-order chi connectivity index (χ1) is 7.84. The molecule has 0 amide bonds. The van der Waals surface area contributed by atoms with E-state index in [1.54, 1.807) is 0 Å². The fourth-order valence-corrected chi connectivity index (χ4v) is 2.17. The summed E-state index contributed by atoms with van der Waals surface area (Å²) in [6, 6.07) is 16.2. The van der Waals surface area contributed by atoms with Crippen molar-refractivity contribution in [1.29, 1.82) is 0 Å². The van der Waals surface area contributed by atoms with E-state index in [0.717, 1.165) is 16.1 Å². The van der Waals surface area contributed by atoms with E-state index in [-0.39, 0.29) is 0 Å². The number of rotatable bonds is 1. The molecule has 16 heavy (non-hydrogen) atoms. The summed E-state index contributed by atoms with van der Waals surface area (Å²) in [6.07, 6.45) is 1.96. The second-order valence-electron chi connectivity index (χ2n) is 3.76. The van der Waals surface area contributed by atoms with E-state index in [1.165, 1.54) is 10.9 Å². The van der Waals surface area contributed by atoms with Crippen LogP contribution < -0.4 is 0 Å². The van der Waals surface area contributed by atoms with Crippen LogP contribution in [-0.4, -0.2) is 4.98 Å². The highest BCUT2D eigenvalue weighted by molar-refractivity contribution is 6.30. The summed E-state index contributed by atoms with van der Waals surface area (Å²) in [6.45, 7) is 0. The molecule has 3 aromatic rings. The lowest BCUT2D eigenvalue weighted by Gasteiger charge is -2.03. The van der Waals surface area contributed by atoms with E-state index in [9.17, 15) is 0 Å². The number of aromatic nitrogens is 1. The molecule has 0 fully saturated rings. The molecule has 2 heteroatoms. The lowest BCUT2D eigenvalue weighted by Crippen LogP contribution is -1.79. The predicted molar refractivity (Wildman–Crippen MR) is 68.7 cm³/mol. The summed E-state index contributed by atoms with van der Waals surface area (Å²) in [7, 11) is 0. The van der Waals surface area contributed by atoms with Crippen LogP contribution in [0.5, 0.6) is 0 Å². The fraction of sp³-hybridized carbons (Fsp3) is 0. The molecule has 1 aromatic heterocycles. The Morgan fingerprint density at radius 2 is 1.81 bits per heavy atom. The van der Waals surface area contributed by atoms with Gasteiger partial charge in [0, 0.05) is 16.8 Å². The van der Waals surface area contributed by atoms with Gasteiger partial charge in [0.15, 0.2) is 0 Å². The smallest absolute Gasteiger partial charge is 0.0533 e. The molecule has 0 aliphatic rings. The molecule has 0 aliphatic heterocycles. The van der Waals surface area contributed by atoms with Crippen molar-refractivity contribution in [2.75, 3.05) is 0 Å². The number of H-pyrrole nitrogens is 1. The molecule has 0 aliphatic carbocycles. The number of benzene rings is 2. The van der Waals surface area contributed by atoms with Gasteiger partial charge in [0.05, 0.1) is 5.52 Å². The normalized spacial score (nSPS) is 10.8. The summed E-state index contributed by atoms with van der Waals surface area (Å²) < 4.78 is 0. The molecule has 1 heterocycles. The highest BCUT2D eigenvalue weighted by atomic mass is 35.5. The van der Waals surface area contributed by atoms with Crippen LogP contribution in [0.4, 0.5) is 0 Å². The highest BCUT2D eigenvalue weighted by Gasteiger charge is 2.04. The first-order valence-electron chi connectivity index (χ1n) is 5.17. The zero-order valence-electron chi connectivity index (χ0n) is 8.57. The van der Waals surface area contributed by atoms with E-state index in [2.05, 4.69) is 35.3 Å². The summed E-state index contributed by atoms with van der Waals surface area (Å²) in [5, 5.41) is 1.98. The molecular weight excluding hydrogens is 218 g/mol. The number of aromatic amines is 1. The number of hydrogen-bond acceptors (Lipinski definition) is 0. The quantitative estimate of drug-likeness (QED) is 0.631. The Morgan fingerprint density at radius 1 is 0.938 bits per heavy atom. The van der Waals surface area contributed by atoms with Crippen LogP contribution in [0, 0.1) is 0 Å². The standard InChI is InChI=1S/C14H10ClN/c15-12-5-1-4-11(9-12)13-6-2-3-10-7-8-16-14(10)13/h1-9,16H. The van der Waals surface area contributed by atoms with Crippen LogP contribution >= 0.6 is 11.6 Å². The Hall–Kier alpha value is -1.73. The van der Waals surface area contributed by atoms with E-state index in [0.29, 0.717) is 0 Å². The van der Waals surface area contributed by atoms with Gasteiger partial charge in [-0.25, -0.2) is 0 Å². The maximum atomic E-state index is 6.01. The van der Waals surface area contributed by atoms with Crippen LogP contribution in [0.2, 0.25) is 5.02 Å². The maximum Gasteiger partial charge on any atom is 0.0533 e. The van der Waals surface area contributed by atoms with Gasteiger partial charge in [-0.05, 0) is 29.1 Å². The van der Waals surface area contributed by atoms with Gasteiger partial charge >= 0.3 is 0 Å². The monoisotopic (exact) mass is 227 g/mol. The van der Waals surface area contributed by atoms with Gasteiger partial charge in [-0.2, -0.15) is 0 Å². The third-order valence-corrected chi connectivity index (χ3v) is 2.96. The van der Waals surface area contributed by atoms with Crippen molar-refractivity contribution < 1.29 is 0 Å². The van der Waals surface area contributed by atoms with Gasteiger partial charge < -0.3 is 4.98 Å². The topological polar surface area (TPSA) is 15.8 Å². The second-order valence-corrected chi connectivity index (χ2v) is 4.19. The van der Waals surface area contributed by atoms with Gasteiger partial charge in [-0.15, -0.1) is 0 Å². The lowest BCUT2D eigenvalue weighted by atomic mass is 10.0. The number of para-hydroxylation sites is 1. The molecule has 1 nitrogen and oxygen atoms in total. The van der Waals surface area contributed by atoms with Crippen molar-refractivity contribution in [3.63, 3.8) is 0 Å². The van der Waals surface area contributed by atoms with E-state index in [4.69, 9.17) is 11.6 Å². The van der Waals surface area contributed by atoms with Crippen molar-refractivity contribution in [1.82, 2.24) is 4.98 Å². The lowest BCUT2D eigenvalue weighted by molar-refractivity contribution is 1.47. The third kappa shape index (κ3) is 1.50. The maximum absolute atomic E-state index is 6.01. The van der Waals surface area contributed by atoms with Crippen molar-refractivity contribution >= 4 is 22.5 Å². The third-order valence-electron chi connectivity index (χ3n) is 2.72. The molecule has 0 radical (unpaired) electrons. The highest BCUT2D eigenvalue weighted by Crippen LogP contribution is 2.28. The minimum Gasteiger partial charge on any atom is -0.361 e. The first-order valence-corrected chi connectivity index (χ1v) is 5.54. The molecule has 0 unspecified atom stereocenters. The van der Waals surface area contributed by atoms with Gasteiger partial charge in [0.25, 0.3) is 0 Å². The van der Waals surface area contributed by atoms with Crippen molar-refractivity contribution in [2.24, 2.45) is 0 Å². The summed E-state index contributed by atoms with van der Waals surface area (Å²) in [5.41, 5.74) is 3.48. The minimum absolute atomic E-state index is 0.765. The Kier molecular flexibility index (Phi) is 2.19. The van der Waals surface area contributed by atoms with Crippen LogP contribution in [0.25, 0.3) is 22.0 Å². The average molecular weight is 228 g/mol. The van der Waals surface area contributed by atoms with Crippen LogP contribution in [0.15, 0.2) is 54.7 Å². The Morgan fingerprint density at radius 3 is 2.69 bits per heavy atom. The molecule has 0 saturated carbocycles. The summed E-state index contributed by atoms with van der Waals surface area (Å²) in [5.74, 6) is 0. The summed E-state index contributed by atoms with van der Waals surface area (Å²) in [4.78, 5) is 3.26. The molecule has 1 N–H and O–H groups in total. The Labute approximate surface area is 98.7 Å². The van der Waals surface area contributed by atoms with Crippen LogP contribution in [-0.2, 0) is 0 Å². The number of nitrogens with one attached hydrogen (secondary N) is 1. The SMILES string of the molecule is Clc1cccc(-c2cccc3cc[nH]c23)c1. The van der Waals surface area contributed by atoms with Gasteiger partial charge in [0.2, 0.25) is 0 Å². The van der Waals surface area contributed by atoms with Gasteiger partial charge in [-0.3, -0.25) is 0 Å². The predicted octanol–water partition coefficient (Wildman–Crippen LogP) is 4.49. The molecule has 3 rings (SSSR count). The van der Waals surface area contributed by atoms with Crippen molar-refractivity contribution in [3.8, 4) is 11.1 Å². The zero-order valence-corrected chi connectivity index (χ0v) is 9.33. The zero-order chi connectivity index (χ0) is 11.0. The molecule has 0 saturated heterocycles. The van der Waals surface area contributed by atoms with Crippen molar-refractivity contribution in [2.45, 2.75) is 0 Å². The summed E-state index contributed by atoms with van der Waals surface area (Å²) >= 11 is 6.01. The van der Waals surface area contributed by atoms with E-state index < -0.39 is 0 Å². The Bertz CT molecular complexity index is 640. The number of fused-ring (bicyclic) bond motifs is 1.